The molecule has 5 nitrogen and oxygen atoms in total. The second-order valence-electron chi connectivity index (χ2n) is 4.79. The molecule has 0 spiro atoms. The van der Waals surface area contributed by atoms with E-state index >= 15 is 0 Å². The Hall–Kier alpha value is -2.34. The van der Waals surface area contributed by atoms with Crippen LogP contribution in [-0.2, 0) is 11.3 Å². The minimum absolute atomic E-state index is 0.0792. The molecule has 120 valence electrons. The molecule has 0 aliphatic carbocycles. The van der Waals surface area contributed by atoms with Gasteiger partial charge in [-0.2, -0.15) is 0 Å². The molecule has 0 radical (unpaired) electrons. The van der Waals surface area contributed by atoms with Gasteiger partial charge in [-0.3, -0.25) is 9.59 Å². The third kappa shape index (κ3) is 5.10. The summed E-state index contributed by atoms with van der Waals surface area (Å²) in [6.07, 6.45) is 0. The molecule has 0 heterocycles. The summed E-state index contributed by atoms with van der Waals surface area (Å²) in [5.41, 5.74) is 1.42. The third-order valence-electron chi connectivity index (χ3n) is 3.15. The van der Waals surface area contributed by atoms with Gasteiger partial charge in [0.1, 0.15) is 5.75 Å². The van der Waals surface area contributed by atoms with Crippen LogP contribution in [0.1, 0.15) is 15.9 Å². The van der Waals surface area contributed by atoms with Crippen LogP contribution in [0, 0.1) is 0 Å². The molecule has 0 aromatic heterocycles. The number of carbonyl (C=O) groups excluding carboxylic acids is 2. The van der Waals surface area contributed by atoms with Gasteiger partial charge in [0.2, 0.25) is 5.91 Å². The van der Waals surface area contributed by atoms with E-state index in [9.17, 15) is 9.59 Å². The lowest BCUT2D eigenvalue weighted by Crippen LogP contribution is -2.36. The van der Waals surface area contributed by atoms with Crippen molar-refractivity contribution in [2.45, 2.75) is 6.54 Å². The zero-order chi connectivity index (χ0) is 16.7. The van der Waals surface area contributed by atoms with Gasteiger partial charge in [0, 0.05) is 11.0 Å². The zero-order valence-electron chi connectivity index (χ0n) is 12.6. The Balaban J connectivity index is 1.81. The fourth-order valence-corrected chi connectivity index (χ4v) is 2.41. The maximum atomic E-state index is 12.0. The molecule has 2 N–H and O–H groups in total. The van der Waals surface area contributed by atoms with Crippen LogP contribution in [0.25, 0.3) is 0 Å². The van der Waals surface area contributed by atoms with Crippen molar-refractivity contribution in [1.82, 2.24) is 10.6 Å². The normalized spacial score (nSPS) is 10.0. The molecule has 0 fully saturated rings. The van der Waals surface area contributed by atoms with Crippen molar-refractivity contribution in [1.29, 1.82) is 0 Å². The maximum Gasteiger partial charge on any atom is 0.252 e. The van der Waals surface area contributed by atoms with E-state index in [1.165, 1.54) is 0 Å². The number of benzene rings is 2. The number of rotatable bonds is 6. The van der Waals surface area contributed by atoms with E-state index < -0.39 is 0 Å². The molecule has 2 rings (SSSR count). The Labute approximate surface area is 143 Å². The predicted octanol–water partition coefficient (Wildman–Crippen LogP) is 2.50. The Morgan fingerprint density at radius 1 is 1.09 bits per heavy atom. The summed E-state index contributed by atoms with van der Waals surface area (Å²) in [7, 11) is 1.59. The number of ether oxygens (including phenoxy) is 1. The van der Waals surface area contributed by atoms with Crippen molar-refractivity contribution in [3.8, 4) is 5.75 Å². The van der Waals surface area contributed by atoms with Gasteiger partial charge in [-0.25, -0.2) is 0 Å². The van der Waals surface area contributed by atoms with Gasteiger partial charge < -0.3 is 15.4 Å². The summed E-state index contributed by atoms with van der Waals surface area (Å²) < 4.78 is 5.82. The standard InChI is InChI=1S/C17H17BrN2O3/c1-23-13-6-4-5-12(9-13)10-19-16(21)11-20-17(22)14-7-2-3-8-15(14)18/h2-9H,10-11H2,1H3,(H,19,21)(H,20,22). The lowest BCUT2D eigenvalue weighted by Gasteiger charge is -2.09. The number of hydrogen-bond acceptors (Lipinski definition) is 3. The number of hydrogen-bond donors (Lipinski definition) is 2. The monoisotopic (exact) mass is 376 g/mol. The molecule has 0 atom stereocenters. The molecule has 2 amide bonds. The van der Waals surface area contributed by atoms with E-state index in [-0.39, 0.29) is 18.4 Å². The Morgan fingerprint density at radius 2 is 1.87 bits per heavy atom. The predicted molar refractivity (Wildman–Crippen MR) is 91.3 cm³/mol. The molecule has 0 saturated carbocycles. The lowest BCUT2D eigenvalue weighted by atomic mass is 10.2. The van der Waals surface area contributed by atoms with E-state index in [1.807, 2.05) is 30.3 Å². The summed E-state index contributed by atoms with van der Waals surface area (Å²) in [6, 6.07) is 14.5. The summed E-state index contributed by atoms with van der Waals surface area (Å²) >= 11 is 3.31. The van der Waals surface area contributed by atoms with Crippen LogP contribution in [0.4, 0.5) is 0 Å². The van der Waals surface area contributed by atoms with E-state index in [1.54, 1.807) is 25.3 Å². The molecule has 2 aromatic carbocycles. The highest BCUT2D eigenvalue weighted by atomic mass is 79.9. The van der Waals surface area contributed by atoms with Crippen LogP contribution >= 0.6 is 15.9 Å². The van der Waals surface area contributed by atoms with Crippen LogP contribution in [0.3, 0.4) is 0 Å². The fourth-order valence-electron chi connectivity index (χ4n) is 1.95. The van der Waals surface area contributed by atoms with Crippen molar-refractivity contribution in [3.05, 3.63) is 64.1 Å². The number of amides is 2. The summed E-state index contributed by atoms with van der Waals surface area (Å²) in [5, 5.41) is 5.34. The summed E-state index contributed by atoms with van der Waals surface area (Å²) in [4.78, 5) is 23.8. The molecular formula is C17H17BrN2O3. The Bertz CT molecular complexity index is 704. The van der Waals surface area contributed by atoms with Crippen LogP contribution in [0.2, 0.25) is 0 Å². The van der Waals surface area contributed by atoms with Crippen molar-refractivity contribution < 1.29 is 14.3 Å². The summed E-state index contributed by atoms with van der Waals surface area (Å²) in [5.74, 6) is 0.182. The fraction of sp³-hybridized carbons (Fsp3) is 0.176. The number of nitrogens with one attached hydrogen (secondary N) is 2. The molecule has 0 bridgehead atoms. The average Bonchev–Trinajstić information content (AvgIpc) is 2.58. The van der Waals surface area contributed by atoms with Crippen molar-refractivity contribution in [3.63, 3.8) is 0 Å². The van der Waals surface area contributed by atoms with Gasteiger partial charge in [0.25, 0.3) is 5.91 Å². The van der Waals surface area contributed by atoms with Crippen molar-refractivity contribution >= 4 is 27.7 Å². The first kappa shape index (κ1) is 17.0. The molecule has 6 heteroatoms. The largest absolute Gasteiger partial charge is 0.497 e. The van der Waals surface area contributed by atoms with Crippen LogP contribution in [-0.4, -0.2) is 25.5 Å². The highest BCUT2D eigenvalue weighted by Gasteiger charge is 2.10. The Kier molecular flexibility index (Phi) is 6.17. The first-order valence-corrected chi connectivity index (χ1v) is 7.82. The van der Waals surface area contributed by atoms with Gasteiger partial charge in [-0.05, 0) is 45.8 Å². The topological polar surface area (TPSA) is 67.4 Å². The van der Waals surface area contributed by atoms with Gasteiger partial charge in [0.05, 0.1) is 19.2 Å². The number of methoxy groups -OCH3 is 1. The number of carbonyl (C=O) groups is 2. The Morgan fingerprint density at radius 3 is 2.61 bits per heavy atom. The van der Waals surface area contributed by atoms with Gasteiger partial charge >= 0.3 is 0 Å². The minimum atomic E-state index is -0.297. The van der Waals surface area contributed by atoms with Crippen LogP contribution < -0.4 is 15.4 Å². The molecule has 2 aromatic rings. The summed E-state index contributed by atoms with van der Waals surface area (Å²) in [6.45, 7) is 0.297. The molecule has 0 unspecified atom stereocenters. The SMILES string of the molecule is COc1cccc(CNC(=O)CNC(=O)c2ccccc2Br)c1. The first-order valence-electron chi connectivity index (χ1n) is 7.02. The second kappa shape index (κ2) is 8.33. The average molecular weight is 377 g/mol. The zero-order valence-corrected chi connectivity index (χ0v) is 14.2. The highest BCUT2D eigenvalue weighted by molar-refractivity contribution is 9.10. The smallest absolute Gasteiger partial charge is 0.252 e. The van der Waals surface area contributed by atoms with Crippen LogP contribution in [0.5, 0.6) is 5.75 Å². The molecule has 0 saturated heterocycles. The van der Waals surface area contributed by atoms with Crippen molar-refractivity contribution in [2.75, 3.05) is 13.7 Å². The van der Waals surface area contributed by atoms with E-state index in [0.717, 1.165) is 11.3 Å². The molecule has 0 aliphatic heterocycles. The highest BCUT2D eigenvalue weighted by Crippen LogP contribution is 2.15. The van der Waals surface area contributed by atoms with Gasteiger partial charge in [0.15, 0.2) is 0 Å². The van der Waals surface area contributed by atoms with E-state index in [0.29, 0.717) is 16.6 Å². The first-order chi connectivity index (χ1) is 11.1. The van der Waals surface area contributed by atoms with E-state index in [4.69, 9.17) is 4.74 Å². The minimum Gasteiger partial charge on any atom is -0.497 e. The lowest BCUT2D eigenvalue weighted by molar-refractivity contribution is -0.120. The van der Waals surface area contributed by atoms with Gasteiger partial charge in [-0.1, -0.05) is 24.3 Å². The molecule has 0 aliphatic rings. The second-order valence-corrected chi connectivity index (χ2v) is 5.65. The molecule has 23 heavy (non-hydrogen) atoms. The molecular weight excluding hydrogens is 360 g/mol. The number of halogens is 1. The van der Waals surface area contributed by atoms with Crippen LogP contribution in [0.15, 0.2) is 53.0 Å². The third-order valence-corrected chi connectivity index (χ3v) is 3.84. The maximum absolute atomic E-state index is 12.0. The van der Waals surface area contributed by atoms with Gasteiger partial charge in [-0.15, -0.1) is 0 Å². The quantitative estimate of drug-likeness (QED) is 0.813. The van der Waals surface area contributed by atoms with Crippen molar-refractivity contribution in [2.24, 2.45) is 0 Å². The van der Waals surface area contributed by atoms with E-state index in [2.05, 4.69) is 26.6 Å².